The van der Waals surface area contributed by atoms with E-state index in [4.69, 9.17) is 23.9 Å². The van der Waals surface area contributed by atoms with E-state index in [1.165, 1.54) is 34.5 Å². The summed E-state index contributed by atoms with van der Waals surface area (Å²) < 4.78 is 2.76. The molecule has 0 bridgehead atoms. The molecule has 0 radical (unpaired) electrons. The maximum absolute atomic E-state index is 5.07. The summed E-state index contributed by atoms with van der Waals surface area (Å²) in [5.41, 5.74) is 9.92. The predicted molar refractivity (Wildman–Crippen MR) is 189 cm³/mol. The zero-order valence-electron chi connectivity index (χ0n) is 26.9. The Hall–Kier alpha value is -1.75. The van der Waals surface area contributed by atoms with Crippen molar-refractivity contribution in [3.63, 3.8) is 0 Å². The number of rotatable bonds is 4. The van der Waals surface area contributed by atoms with Crippen molar-refractivity contribution < 1.29 is 17.0 Å². The summed E-state index contributed by atoms with van der Waals surface area (Å²) in [4.78, 5) is 0. The molecular formula is C37H46Cl2N2SiTi-2. The van der Waals surface area contributed by atoms with Crippen LogP contribution in [0.25, 0.3) is 10.9 Å². The van der Waals surface area contributed by atoms with Crippen LogP contribution in [0, 0.1) is 31.1 Å². The zero-order chi connectivity index (χ0) is 30.2. The van der Waals surface area contributed by atoms with E-state index in [1.807, 2.05) is 0 Å². The molecule has 3 aromatic rings. The van der Waals surface area contributed by atoms with E-state index in [0.717, 1.165) is 11.4 Å². The molecule has 2 nitrogen and oxygen atoms in total. The molecule has 0 saturated heterocycles. The van der Waals surface area contributed by atoms with Gasteiger partial charge in [0.25, 0.3) is 0 Å². The fourth-order valence-electron chi connectivity index (χ4n) is 7.81. The summed E-state index contributed by atoms with van der Waals surface area (Å²) in [6.45, 7) is 17.1. The summed E-state index contributed by atoms with van der Waals surface area (Å²) in [6, 6.07) is 27.0. The molecule has 1 unspecified atom stereocenters. The van der Waals surface area contributed by atoms with Gasteiger partial charge >= 0.3 is 35.6 Å². The molecule has 3 aromatic carbocycles. The number of benzene rings is 3. The Morgan fingerprint density at radius 1 is 0.884 bits per heavy atom. The van der Waals surface area contributed by atoms with Crippen LogP contribution in [-0.2, 0) is 22.4 Å². The van der Waals surface area contributed by atoms with Gasteiger partial charge in [-0.3, -0.25) is 0 Å². The molecule has 1 saturated carbocycles. The first-order valence-corrected chi connectivity index (χ1v) is 22.5. The molecule has 6 rings (SSSR count). The number of nitrogens with zero attached hydrogens (tertiary/aromatic N) is 2. The average molecular weight is 666 g/mol. The van der Waals surface area contributed by atoms with Crippen molar-refractivity contribution in [2.45, 2.75) is 65.1 Å². The second-order valence-electron chi connectivity index (χ2n) is 13.8. The van der Waals surface area contributed by atoms with Crippen LogP contribution in [0.4, 0.5) is 22.7 Å². The second-order valence-corrected chi connectivity index (χ2v) is 20.8. The average Bonchev–Trinajstić information content (AvgIpc) is 3.37. The van der Waals surface area contributed by atoms with Gasteiger partial charge < -0.3 is 17.3 Å². The number of fused-ring (bicyclic) bond motifs is 3. The molecule has 0 N–H and O–H groups in total. The molecule has 4 atom stereocenters. The first-order valence-electron chi connectivity index (χ1n) is 15.1. The van der Waals surface area contributed by atoms with Gasteiger partial charge in [-0.2, -0.15) is 0 Å². The van der Waals surface area contributed by atoms with Gasteiger partial charge in [0.1, 0.15) is 0 Å². The summed E-state index contributed by atoms with van der Waals surface area (Å²) in [7, 11) is 7.70. The van der Waals surface area contributed by atoms with Gasteiger partial charge in [-0.15, -0.1) is 11.4 Å². The Labute approximate surface area is 278 Å². The quantitative estimate of drug-likeness (QED) is 0.200. The molecule has 1 fully saturated rings. The molecule has 43 heavy (non-hydrogen) atoms. The van der Waals surface area contributed by atoms with Crippen molar-refractivity contribution in [2.24, 2.45) is 23.7 Å². The van der Waals surface area contributed by atoms with Gasteiger partial charge in [0.05, 0.1) is 0 Å². The van der Waals surface area contributed by atoms with Gasteiger partial charge in [0, 0.05) is 11.4 Å². The third-order valence-corrected chi connectivity index (χ3v) is 13.8. The van der Waals surface area contributed by atoms with E-state index in [1.54, 1.807) is 0 Å². The Kier molecular flexibility index (Phi) is 10.9. The molecule has 0 amide bonds. The number of anilines is 2. The molecule has 2 aliphatic carbocycles. The van der Waals surface area contributed by atoms with Crippen molar-refractivity contribution in [3.8, 4) is 0 Å². The van der Waals surface area contributed by atoms with Crippen LogP contribution in [0.1, 0.15) is 52.2 Å². The van der Waals surface area contributed by atoms with Crippen molar-refractivity contribution in [1.82, 2.24) is 0 Å². The Balaban J connectivity index is 0.00000102. The van der Waals surface area contributed by atoms with E-state index >= 15 is 0 Å². The first kappa shape index (κ1) is 34.1. The topological polar surface area (TPSA) is 17.3 Å². The van der Waals surface area contributed by atoms with Gasteiger partial charge in [-0.1, -0.05) is 127 Å². The predicted octanol–water partition coefficient (Wildman–Crippen LogP) is 12.7. The number of para-hydroxylation sites is 4. The zero-order valence-corrected chi connectivity index (χ0v) is 31.0. The second kappa shape index (κ2) is 13.7. The van der Waals surface area contributed by atoms with Crippen LogP contribution in [0.3, 0.4) is 0 Å². The summed E-state index contributed by atoms with van der Waals surface area (Å²) in [6.07, 6.45) is 8.60. The molecule has 0 spiro atoms. The van der Waals surface area contributed by atoms with Crippen molar-refractivity contribution in [1.29, 1.82) is 0 Å². The standard InChI is InChI=1S/C36H43N2Si.CH3.2ClH.Ti/c1-24(2)29-23-30-27(25-19-21-26(22-20-25)36(3,4)5)13-12-14-28(30)35(29)39(6,7)38-33-17-10-8-15-31(33)37-32-16-9-11-18-34(32)38;;;;/h8-22,24,28-30,35H,23H2,1-7H3;1H3;2*1H;/q2*-1;;;+2/p-2/t28-,29-,30+,35?;;;;/m0..../s1. The van der Waals surface area contributed by atoms with Crippen molar-refractivity contribution >= 4 is 55.2 Å². The van der Waals surface area contributed by atoms with E-state index in [0.29, 0.717) is 29.2 Å². The van der Waals surface area contributed by atoms with Crippen LogP contribution >= 0.6 is 18.6 Å². The molecule has 3 aliphatic rings. The van der Waals surface area contributed by atoms with Gasteiger partial charge in [0.2, 0.25) is 0 Å². The fraction of sp³-hybridized carbons (Fsp3) is 0.378. The van der Waals surface area contributed by atoms with Gasteiger partial charge in [-0.25, -0.2) is 0 Å². The molecule has 6 heteroatoms. The van der Waals surface area contributed by atoms with Crippen molar-refractivity contribution in [3.05, 3.63) is 115 Å². The SMILES string of the molecule is CC(C)[C@@H]1C[C@@H]2C(c3ccc(C(C)(C)C)cc3)=CC=C[C@@H]2C1[Si](C)(C)N1c2ccccc2[N-]c2ccccc21.[CH3-].[Cl][Ti][Cl]. The Bertz CT molecular complexity index is 1410. The Morgan fingerprint density at radius 2 is 1.42 bits per heavy atom. The third kappa shape index (κ3) is 6.63. The minimum atomic E-state index is -2.08. The van der Waals surface area contributed by atoms with E-state index in [9.17, 15) is 0 Å². The molecule has 0 aromatic heterocycles. The minimum absolute atomic E-state index is 0. The maximum atomic E-state index is 5.07. The molecular weight excluding hydrogens is 619 g/mol. The Morgan fingerprint density at radius 3 is 1.93 bits per heavy atom. The van der Waals surface area contributed by atoms with Crippen LogP contribution in [0.15, 0.2) is 91.0 Å². The monoisotopic (exact) mass is 664 g/mol. The van der Waals surface area contributed by atoms with Crippen LogP contribution < -0.4 is 4.57 Å². The van der Waals surface area contributed by atoms with E-state index in [-0.39, 0.29) is 12.8 Å². The normalized spacial score (nSPS) is 22.2. The molecule has 228 valence electrons. The fourth-order valence-corrected chi connectivity index (χ4v) is 12.6. The molecule has 1 aliphatic heterocycles. The summed E-state index contributed by atoms with van der Waals surface area (Å²) >= 11 is -0.556. The van der Waals surface area contributed by atoms with E-state index < -0.39 is 25.3 Å². The number of hydrogen-bond acceptors (Lipinski definition) is 1. The van der Waals surface area contributed by atoms with E-state index in [2.05, 4.69) is 143 Å². The summed E-state index contributed by atoms with van der Waals surface area (Å²) in [5, 5.41) is 5.07. The van der Waals surface area contributed by atoms with Gasteiger partial charge in [0.15, 0.2) is 8.24 Å². The molecule has 1 heterocycles. The number of halogens is 2. The van der Waals surface area contributed by atoms with Crippen LogP contribution in [0.5, 0.6) is 0 Å². The third-order valence-electron chi connectivity index (χ3n) is 9.69. The van der Waals surface area contributed by atoms with Gasteiger partial charge in [-0.05, 0) is 69.9 Å². The first-order chi connectivity index (χ1) is 20.0. The number of hydrogen-bond donors (Lipinski definition) is 0. The summed E-state index contributed by atoms with van der Waals surface area (Å²) in [5.74, 6) is 2.45. The van der Waals surface area contributed by atoms with Crippen LogP contribution in [-0.4, -0.2) is 8.24 Å². The number of allylic oxidation sites excluding steroid dienone is 4. The van der Waals surface area contributed by atoms with Crippen molar-refractivity contribution in [2.75, 3.05) is 4.57 Å². The van der Waals surface area contributed by atoms with Crippen LogP contribution in [0.2, 0.25) is 18.6 Å².